The minimum Gasteiger partial charge on any atom is -0.308 e. The summed E-state index contributed by atoms with van der Waals surface area (Å²) in [5.41, 5.74) is 1.39. The molecule has 2 nitrogen and oxygen atoms in total. The molecule has 0 aromatic carbocycles. The molecule has 0 bridgehead atoms. The quantitative estimate of drug-likeness (QED) is 0.604. The van der Waals surface area contributed by atoms with E-state index in [9.17, 15) is 0 Å². The molecule has 3 heteroatoms. The van der Waals surface area contributed by atoms with Crippen LogP contribution >= 0.6 is 11.3 Å². The van der Waals surface area contributed by atoms with Gasteiger partial charge in [0.15, 0.2) is 0 Å². The number of anilines is 1. The molecule has 66 valence electrons. The molecule has 0 aliphatic carbocycles. The second-order valence-electron chi connectivity index (χ2n) is 3.32. The van der Waals surface area contributed by atoms with E-state index in [1.54, 1.807) is 0 Å². The highest BCUT2D eigenvalue weighted by atomic mass is 32.1. The topological polar surface area (TPSA) is 6.48 Å². The summed E-state index contributed by atoms with van der Waals surface area (Å²) in [5, 5.41) is 4.50. The maximum absolute atomic E-state index is 2.27. The number of fused-ring (bicyclic) bond motifs is 1. The smallest absolute Gasteiger partial charge is 0.0661 e. The Morgan fingerprint density at radius 3 is 2.92 bits per heavy atom. The number of nitrogens with zero attached hydrogens (tertiary/aromatic N) is 2. The zero-order valence-electron chi connectivity index (χ0n) is 7.79. The van der Waals surface area contributed by atoms with E-state index in [4.69, 9.17) is 0 Å². The molecule has 1 aliphatic rings. The second kappa shape index (κ2) is 2.75. The van der Waals surface area contributed by atoms with Crippen molar-refractivity contribution < 1.29 is 0 Å². The summed E-state index contributed by atoms with van der Waals surface area (Å²) < 4.78 is 0. The van der Waals surface area contributed by atoms with Crippen LogP contribution in [0.25, 0.3) is 0 Å². The first kappa shape index (κ1) is 8.08. The molecule has 1 aromatic heterocycles. The Balaban J connectivity index is 2.41. The van der Waals surface area contributed by atoms with Crippen LogP contribution in [-0.4, -0.2) is 25.6 Å². The fraction of sp³-hybridized carbons (Fsp3) is 0.556. The van der Waals surface area contributed by atoms with Crippen LogP contribution in [-0.2, 0) is 6.42 Å². The van der Waals surface area contributed by atoms with Crippen molar-refractivity contribution in [3.8, 4) is 0 Å². The summed E-state index contributed by atoms with van der Waals surface area (Å²) in [6, 6.07) is 2.27. The summed E-state index contributed by atoms with van der Waals surface area (Å²) in [5.74, 6) is 0. The first-order valence-electron chi connectivity index (χ1n) is 4.22. The monoisotopic (exact) mass is 182 g/mol. The Morgan fingerprint density at radius 2 is 2.17 bits per heavy atom. The van der Waals surface area contributed by atoms with Crippen LogP contribution in [0.2, 0.25) is 0 Å². The molecule has 0 radical (unpaired) electrons. The molecule has 1 aliphatic heterocycles. The van der Waals surface area contributed by atoms with Crippen molar-refractivity contribution in [3.63, 3.8) is 0 Å². The number of rotatable bonds is 0. The molecule has 2 heterocycles. The van der Waals surface area contributed by atoms with E-state index in [0.717, 1.165) is 6.54 Å². The zero-order valence-corrected chi connectivity index (χ0v) is 8.61. The van der Waals surface area contributed by atoms with Gasteiger partial charge in [-0.1, -0.05) is 0 Å². The highest BCUT2D eigenvalue weighted by Gasteiger charge is 2.19. The molecule has 12 heavy (non-hydrogen) atoms. The van der Waals surface area contributed by atoms with Gasteiger partial charge in [0.05, 0.1) is 5.69 Å². The van der Waals surface area contributed by atoms with E-state index in [-0.39, 0.29) is 0 Å². The molecular weight excluding hydrogens is 168 g/mol. The summed E-state index contributed by atoms with van der Waals surface area (Å²) in [7, 11) is 4.26. The lowest BCUT2D eigenvalue weighted by Gasteiger charge is -2.34. The highest BCUT2D eigenvalue weighted by Crippen LogP contribution is 2.33. The van der Waals surface area contributed by atoms with Gasteiger partial charge < -0.3 is 5.01 Å². The number of aryl methyl sites for hydroxylation is 1. The Morgan fingerprint density at radius 1 is 1.42 bits per heavy atom. The van der Waals surface area contributed by atoms with Gasteiger partial charge in [0.2, 0.25) is 0 Å². The number of likely N-dealkylation sites (N-methyl/N-ethyl adjacent to an activating group) is 1. The van der Waals surface area contributed by atoms with Crippen molar-refractivity contribution in [1.82, 2.24) is 5.01 Å². The molecule has 0 saturated heterocycles. The number of hydrazine groups is 1. The standard InChI is InChI=1S/C9H14N2S/c1-7-6-8-9(12-7)4-5-10(2)11(8)3/h6H,4-5H2,1-3H3. The van der Waals surface area contributed by atoms with Gasteiger partial charge in [-0.25, -0.2) is 5.01 Å². The average molecular weight is 182 g/mol. The Bertz CT molecular complexity index is 293. The Hall–Kier alpha value is -0.540. The van der Waals surface area contributed by atoms with Crippen LogP contribution in [0.15, 0.2) is 6.07 Å². The van der Waals surface area contributed by atoms with Crippen LogP contribution in [0.5, 0.6) is 0 Å². The van der Waals surface area contributed by atoms with E-state index in [1.165, 1.54) is 21.9 Å². The van der Waals surface area contributed by atoms with Crippen molar-refractivity contribution in [1.29, 1.82) is 0 Å². The first-order chi connectivity index (χ1) is 5.68. The predicted molar refractivity (Wildman–Crippen MR) is 53.8 cm³/mol. The Labute approximate surface area is 77.4 Å². The molecule has 2 rings (SSSR count). The molecule has 0 amide bonds. The third kappa shape index (κ3) is 1.13. The number of thiophene rings is 1. The molecule has 0 saturated carbocycles. The molecule has 0 fully saturated rings. The third-order valence-electron chi connectivity index (χ3n) is 2.43. The van der Waals surface area contributed by atoms with Gasteiger partial charge in [-0.05, 0) is 19.4 Å². The van der Waals surface area contributed by atoms with Gasteiger partial charge in [0.25, 0.3) is 0 Å². The largest absolute Gasteiger partial charge is 0.308 e. The summed E-state index contributed by atoms with van der Waals surface area (Å²) in [6.07, 6.45) is 1.20. The molecule has 1 aromatic rings. The SMILES string of the molecule is Cc1cc2c(s1)CCN(C)N2C. The molecule has 0 atom stereocenters. The second-order valence-corrected chi connectivity index (χ2v) is 4.66. The molecular formula is C9H14N2S. The van der Waals surface area contributed by atoms with E-state index < -0.39 is 0 Å². The lowest BCUT2D eigenvalue weighted by molar-refractivity contribution is 0.316. The maximum Gasteiger partial charge on any atom is 0.0661 e. The van der Waals surface area contributed by atoms with Crippen LogP contribution in [0.4, 0.5) is 5.69 Å². The fourth-order valence-electron chi connectivity index (χ4n) is 1.60. The van der Waals surface area contributed by atoms with Crippen LogP contribution < -0.4 is 5.01 Å². The number of hydrogen-bond donors (Lipinski definition) is 0. The van der Waals surface area contributed by atoms with E-state index in [0.29, 0.717) is 0 Å². The van der Waals surface area contributed by atoms with Gasteiger partial charge in [-0.15, -0.1) is 11.3 Å². The van der Waals surface area contributed by atoms with E-state index in [2.05, 4.69) is 37.1 Å². The fourth-order valence-corrected chi connectivity index (χ4v) is 2.65. The van der Waals surface area contributed by atoms with Crippen molar-refractivity contribution >= 4 is 17.0 Å². The minimum atomic E-state index is 1.14. The van der Waals surface area contributed by atoms with Crippen LogP contribution in [0.1, 0.15) is 9.75 Å². The summed E-state index contributed by atoms with van der Waals surface area (Å²) in [4.78, 5) is 2.95. The first-order valence-corrected chi connectivity index (χ1v) is 5.04. The number of hydrogen-bond acceptors (Lipinski definition) is 3. The molecule has 0 spiro atoms. The summed E-state index contributed by atoms with van der Waals surface area (Å²) >= 11 is 1.93. The van der Waals surface area contributed by atoms with Crippen LogP contribution in [0, 0.1) is 6.92 Å². The van der Waals surface area contributed by atoms with Gasteiger partial charge in [0, 0.05) is 30.4 Å². The van der Waals surface area contributed by atoms with Gasteiger partial charge in [0.1, 0.15) is 0 Å². The van der Waals surface area contributed by atoms with Crippen LogP contribution in [0.3, 0.4) is 0 Å². The summed E-state index contributed by atoms with van der Waals surface area (Å²) in [6.45, 7) is 3.32. The zero-order chi connectivity index (χ0) is 8.72. The van der Waals surface area contributed by atoms with Gasteiger partial charge in [-0.2, -0.15) is 0 Å². The predicted octanol–water partition coefficient (Wildman–Crippen LogP) is 1.90. The Kier molecular flexibility index (Phi) is 1.85. The minimum absolute atomic E-state index is 1.14. The molecule has 0 N–H and O–H groups in total. The van der Waals surface area contributed by atoms with Crippen molar-refractivity contribution in [3.05, 3.63) is 15.8 Å². The lowest BCUT2D eigenvalue weighted by atomic mass is 10.2. The van der Waals surface area contributed by atoms with Gasteiger partial charge >= 0.3 is 0 Å². The normalized spacial score (nSPS) is 18.1. The van der Waals surface area contributed by atoms with Crippen molar-refractivity contribution in [2.45, 2.75) is 13.3 Å². The third-order valence-corrected chi connectivity index (χ3v) is 3.53. The maximum atomic E-state index is 2.27. The van der Waals surface area contributed by atoms with E-state index in [1.807, 2.05) is 11.3 Å². The van der Waals surface area contributed by atoms with Gasteiger partial charge in [-0.3, -0.25) is 0 Å². The average Bonchev–Trinajstić information content (AvgIpc) is 2.39. The van der Waals surface area contributed by atoms with Crippen molar-refractivity contribution in [2.75, 3.05) is 25.6 Å². The highest BCUT2D eigenvalue weighted by molar-refractivity contribution is 7.12. The van der Waals surface area contributed by atoms with Crippen molar-refractivity contribution in [2.24, 2.45) is 0 Å². The molecule has 0 unspecified atom stereocenters. The van der Waals surface area contributed by atoms with E-state index >= 15 is 0 Å². The lowest BCUT2D eigenvalue weighted by Crippen LogP contribution is -2.41.